The van der Waals surface area contributed by atoms with E-state index in [9.17, 15) is 0 Å². The number of methoxy groups -OCH3 is 1. The van der Waals surface area contributed by atoms with Crippen LogP contribution in [0.4, 0.5) is 11.5 Å². The quantitative estimate of drug-likeness (QED) is 0.766. The van der Waals surface area contributed by atoms with Gasteiger partial charge in [-0.15, -0.1) is 0 Å². The summed E-state index contributed by atoms with van der Waals surface area (Å²) in [5.41, 5.74) is 1.80. The van der Waals surface area contributed by atoms with E-state index in [1.54, 1.807) is 13.4 Å². The van der Waals surface area contributed by atoms with Crippen LogP contribution in [0.5, 0.6) is 11.5 Å². The molecule has 5 nitrogen and oxygen atoms in total. The topological polar surface area (TPSA) is 56.3 Å². The van der Waals surface area contributed by atoms with Crippen molar-refractivity contribution in [1.82, 2.24) is 9.97 Å². The minimum atomic E-state index is 0.159. The fraction of sp³-hybridized carbons (Fsp3) is 0.222. The van der Waals surface area contributed by atoms with Gasteiger partial charge in [-0.2, -0.15) is 0 Å². The molecule has 23 heavy (non-hydrogen) atoms. The Balaban J connectivity index is 1.88. The lowest BCUT2D eigenvalue weighted by Gasteiger charge is -2.12. The Labute approximate surface area is 135 Å². The number of rotatable bonds is 5. The summed E-state index contributed by atoms with van der Waals surface area (Å²) in [6.07, 6.45) is 1.71. The number of benzene rings is 2. The van der Waals surface area contributed by atoms with Gasteiger partial charge in [0.25, 0.3) is 0 Å². The third-order valence-electron chi connectivity index (χ3n) is 3.33. The molecule has 0 aliphatic heterocycles. The molecule has 2 aromatic carbocycles. The maximum absolute atomic E-state index is 5.65. The zero-order valence-electron chi connectivity index (χ0n) is 13.4. The molecule has 0 saturated heterocycles. The van der Waals surface area contributed by atoms with Gasteiger partial charge in [0, 0.05) is 11.1 Å². The predicted octanol–water partition coefficient (Wildman–Crippen LogP) is 4.17. The predicted molar refractivity (Wildman–Crippen MR) is 91.6 cm³/mol. The summed E-state index contributed by atoms with van der Waals surface area (Å²) in [4.78, 5) is 8.62. The van der Waals surface area contributed by atoms with Crippen molar-refractivity contribution in [3.63, 3.8) is 0 Å². The van der Waals surface area contributed by atoms with Crippen molar-refractivity contribution < 1.29 is 9.47 Å². The summed E-state index contributed by atoms with van der Waals surface area (Å²) in [5.74, 6) is 2.36. The van der Waals surface area contributed by atoms with Crippen LogP contribution in [0.1, 0.15) is 13.8 Å². The first-order chi connectivity index (χ1) is 11.2. The van der Waals surface area contributed by atoms with Crippen molar-refractivity contribution >= 4 is 22.4 Å². The Kier molecular flexibility index (Phi) is 4.28. The summed E-state index contributed by atoms with van der Waals surface area (Å²) in [6.45, 7) is 4.01. The normalized spacial score (nSPS) is 10.8. The van der Waals surface area contributed by atoms with Crippen LogP contribution in [0.3, 0.4) is 0 Å². The average molecular weight is 309 g/mol. The molecule has 0 saturated carbocycles. The van der Waals surface area contributed by atoms with E-state index >= 15 is 0 Å². The molecule has 0 aliphatic carbocycles. The van der Waals surface area contributed by atoms with E-state index < -0.39 is 0 Å². The van der Waals surface area contributed by atoms with E-state index in [1.165, 1.54) is 0 Å². The highest BCUT2D eigenvalue weighted by Gasteiger charge is 2.06. The smallest absolute Gasteiger partial charge is 0.141 e. The molecular weight excluding hydrogens is 290 g/mol. The molecule has 0 fully saturated rings. The Morgan fingerprint density at radius 2 is 1.70 bits per heavy atom. The van der Waals surface area contributed by atoms with Crippen LogP contribution in [0.15, 0.2) is 48.8 Å². The van der Waals surface area contributed by atoms with Crippen molar-refractivity contribution in [2.75, 3.05) is 12.4 Å². The fourth-order valence-electron chi connectivity index (χ4n) is 2.29. The second-order valence-electron chi connectivity index (χ2n) is 5.42. The second kappa shape index (κ2) is 6.52. The lowest BCUT2D eigenvalue weighted by molar-refractivity contribution is 0.242. The van der Waals surface area contributed by atoms with E-state index in [0.717, 1.165) is 33.9 Å². The maximum Gasteiger partial charge on any atom is 0.141 e. The van der Waals surface area contributed by atoms with Crippen molar-refractivity contribution in [1.29, 1.82) is 0 Å². The molecule has 0 bridgehead atoms. The van der Waals surface area contributed by atoms with Crippen molar-refractivity contribution in [3.8, 4) is 11.5 Å². The highest BCUT2D eigenvalue weighted by Crippen LogP contribution is 2.27. The van der Waals surface area contributed by atoms with Gasteiger partial charge in [0.05, 0.1) is 18.7 Å². The zero-order chi connectivity index (χ0) is 16.2. The standard InChI is InChI=1S/C18H19N3O2/c1-12(2)23-14-6-4-13(5-7-14)21-18-16-10-15(22-3)8-9-17(16)19-11-20-18/h4-12H,1-3H3,(H,19,20,21). The Morgan fingerprint density at radius 1 is 0.957 bits per heavy atom. The van der Waals surface area contributed by atoms with E-state index in [1.807, 2.05) is 56.3 Å². The minimum absolute atomic E-state index is 0.159. The highest BCUT2D eigenvalue weighted by atomic mass is 16.5. The number of hydrogen-bond donors (Lipinski definition) is 1. The van der Waals surface area contributed by atoms with Gasteiger partial charge in [-0.25, -0.2) is 9.97 Å². The third-order valence-corrected chi connectivity index (χ3v) is 3.33. The Morgan fingerprint density at radius 3 is 2.39 bits per heavy atom. The van der Waals surface area contributed by atoms with Crippen molar-refractivity contribution in [3.05, 3.63) is 48.8 Å². The summed E-state index contributed by atoms with van der Waals surface area (Å²) < 4.78 is 10.9. The highest BCUT2D eigenvalue weighted by molar-refractivity contribution is 5.91. The summed E-state index contributed by atoms with van der Waals surface area (Å²) in [5, 5.41) is 4.23. The second-order valence-corrected chi connectivity index (χ2v) is 5.42. The monoisotopic (exact) mass is 309 g/mol. The summed E-state index contributed by atoms with van der Waals surface area (Å²) >= 11 is 0. The number of aromatic nitrogens is 2. The lowest BCUT2D eigenvalue weighted by Crippen LogP contribution is -2.05. The van der Waals surface area contributed by atoms with Crippen LogP contribution in [0, 0.1) is 0 Å². The van der Waals surface area contributed by atoms with Gasteiger partial charge in [0.15, 0.2) is 0 Å². The maximum atomic E-state index is 5.65. The lowest BCUT2D eigenvalue weighted by atomic mass is 10.2. The largest absolute Gasteiger partial charge is 0.497 e. The average Bonchev–Trinajstić information content (AvgIpc) is 2.56. The van der Waals surface area contributed by atoms with Crippen LogP contribution >= 0.6 is 0 Å². The van der Waals surface area contributed by atoms with Gasteiger partial charge in [0.1, 0.15) is 23.6 Å². The molecule has 0 atom stereocenters. The minimum Gasteiger partial charge on any atom is -0.497 e. The first kappa shape index (κ1) is 15.1. The number of anilines is 2. The molecule has 118 valence electrons. The molecule has 0 spiro atoms. The van der Waals surface area contributed by atoms with Crippen molar-refractivity contribution in [2.24, 2.45) is 0 Å². The van der Waals surface area contributed by atoms with Gasteiger partial charge in [-0.3, -0.25) is 0 Å². The molecule has 0 aliphatic rings. The van der Waals surface area contributed by atoms with E-state index in [0.29, 0.717) is 0 Å². The summed E-state index contributed by atoms with van der Waals surface area (Å²) in [7, 11) is 1.64. The van der Waals surface area contributed by atoms with Crippen LogP contribution in [0.2, 0.25) is 0 Å². The number of ether oxygens (including phenoxy) is 2. The van der Waals surface area contributed by atoms with Gasteiger partial charge < -0.3 is 14.8 Å². The molecule has 3 aromatic rings. The van der Waals surface area contributed by atoms with Gasteiger partial charge >= 0.3 is 0 Å². The van der Waals surface area contributed by atoms with Gasteiger partial charge in [0.2, 0.25) is 0 Å². The van der Waals surface area contributed by atoms with E-state index in [-0.39, 0.29) is 6.10 Å². The number of nitrogens with one attached hydrogen (secondary N) is 1. The molecule has 1 heterocycles. The van der Waals surface area contributed by atoms with Crippen molar-refractivity contribution in [2.45, 2.75) is 20.0 Å². The molecule has 5 heteroatoms. The Hall–Kier alpha value is -2.82. The third kappa shape index (κ3) is 3.51. The molecule has 0 radical (unpaired) electrons. The van der Waals surface area contributed by atoms with Crippen LogP contribution in [-0.4, -0.2) is 23.2 Å². The summed E-state index contributed by atoms with van der Waals surface area (Å²) in [6, 6.07) is 13.5. The Bertz CT molecular complexity index is 801. The first-order valence-corrected chi connectivity index (χ1v) is 7.48. The SMILES string of the molecule is COc1ccc2ncnc(Nc3ccc(OC(C)C)cc3)c2c1. The molecule has 1 aromatic heterocycles. The van der Waals surface area contributed by atoms with E-state index in [2.05, 4.69) is 15.3 Å². The first-order valence-electron chi connectivity index (χ1n) is 7.48. The van der Waals surface area contributed by atoms with E-state index in [4.69, 9.17) is 9.47 Å². The molecule has 1 N–H and O–H groups in total. The molecule has 0 amide bonds. The van der Waals surface area contributed by atoms with Gasteiger partial charge in [-0.1, -0.05) is 0 Å². The molecular formula is C18H19N3O2. The number of hydrogen-bond acceptors (Lipinski definition) is 5. The molecule has 0 unspecified atom stereocenters. The van der Waals surface area contributed by atoms with Crippen LogP contribution < -0.4 is 14.8 Å². The fourth-order valence-corrected chi connectivity index (χ4v) is 2.29. The van der Waals surface area contributed by atoms with Gasteiger partial charge in [-0.05, 0) is 56.3 Å². The number of fused-ring (bicyclic) bond motifs is 1. The molecule has 3 rings (SSSR count). The number of nitrogens with zero attached hydrogens (tertiary/aromatic N) is 2. The van der Waals surface area contributed by atoms with Crippen LogP contribution in [-0.2, 0) is 0 Å². The van der Waals surface area contributed by atoms with Crippen LogP contribution in [0.25, 0.3) is 10.9 Å². The zero-order valence-corrected chi connectivity index (χ0v) is 13.4.